The topological polar surface area (TPSA) is 103 Å². The fourth-order valence-corrected chi connectivity index (χ4v) is 5.66. The molecule has 10 heteroatoms. The predicted octanol–water partition coefficient (Wildman–Crippen LogP) is 3.13. The summed E-state index contributed by atoms with van der Waals surface area (Å²) < 4.78 is 6.23. The highest BCUT2D eigenvalue weighted by Crippen LogP contribution is 2.39. The number of amides is 2. The number of likely N-dealkylation sites (tertiary alicyclic amines) is 1. The van der Waals surface area contributed by atoms with Gasteiger partial charge in [-0.3, -0.25) is 9.69 Å². The highest BCUT2D eigenvalue weighted by Gasteiger charge is 2.48. The van der Waals surface area contributed by atoms with Crippen LogP contribution in [0.15, 0.2) is 28.1 Å². The van der Waals surface area contributed by atoms with E-state index in [1.165, 1.54) is 16.2 Å². The Morgan fingerprint density at radius 3 is 2.61 bits per heavy atom. The standard InChI is InChI=1S/C21H21N5O4S/c27-19(24-6-1-2-7-24)14-3-4-15(18-22-5-8-31-18)17-16(14)23-20(30-17)25-10-12-9-13(11-25)26(12)21(28)29/h3-5,8,12-13H,1-2,6-7,9-11H2,(H,28,29). The van der Waals surface area contributed by atoms with Crippen molar-refractivity contribution in [1.29, 1.82) is 0 Å². The largest absolute Gasteiger partial charge is 0.465 e. The molecule has 2 aromatic heterocycles. The molecule has 2 atom stereocenters. The number of aromatic nitrogens is 2. The molecule has 4 fully saturated rings. The summed E-state index contributed by atoms with van der Waals surface area (Å²) in [4.78, 5) is 39.1. The van der Waals surface area contributed by atoms with Crippen LogP contribution in [-0.4, -0.2) is 75.1 Å². The van der Waals surface area contributed by atoms with Crippen LogP contribution in [0, 0.1) is 0 Å². The second-order valence-electron chi connectivity index (χ2n) is 8.31. The van der Waals surface area contributed by atoms with E-state index in [1.54, 1.807) is 6.20 Å². The van der Waals surface area contributed by atoms with Gasteiger partial charge in [-0.2, -0.15) is 4.98 Å². The maximum absolute atomic E-state index is 13.2. The first-order chi connectivity index (χ1) is 15.1. The maximum Gasteiger partial charge on any atom is 0.407 e. The predicted molar refractivity (Wildman–Crippen MR) is 115 cm³/mol. The number of piperazine rings is 1. The minimum Gasteiger partial charge on any atom is -0.465 e. The lowest BCUT2D eigenvalue weighted by atomic mass is 9.88. The first-order valence-electron chi connectivity index (χ1n) is 10.5. The quantitative estimate of drug-likeness (QED) is 0.669. The van der Waals surface area contributed by atoms with Crippen LogP contribution >= 0.6 is 11.3 Å². The van der Waals surface area contributed by atoms with Gasteiger partial charge in [-0.1, -0.05) is 0 Å². The monoisotopic (exact) mass is 439 g/mol. The number of hydrogen-bond acceptors (Lipinski definition) is 7. The van der Waals surface area contributed by atoms with Gasteiger partial charge in [-0.15, -0.1) is 11.3 Å². The third-order valence-corrected chi connectivity index (χ3v) is 7.31. The number of carbonyl (C=O) groups excluding carboxylic acids is 1. The number of fused-ring (bicyclic) bond motifs is 3. The average molecular weight is 439 g/mol. The number of thiazole rings is 1. The van der Waals surface area contributed by atoms with Crippen molar-refractivity contribution in [2.75, 3.05) is 31.1 Å². The summed E-state index contributed by atoms with van der Waals surface area (Å²) in [5.41, 5.74) is 2.47. The molecule has 6 heterocycles. The summed E-state index contributed by atoms with van der Waals surface area (Å²) in [6.45, 7) is 2.61. The third-order valence-electron chi connectivity index (χ3n) is 6.50. The molecule has 7 rings (SSSR count). The van der Waals surface area contributed by atoms with Crippen LogP contribution in [0.4, 0.5) is 10.8 Å². The first kappa shape index (κ1) is 18.6. The number of anilines is 1. The molecular weight excluding hydrogens is 418 g/mol. The van der Waals surface area contributed by atoms with Gasteiger partial charge >= 0.3 is 6.09 Å². The van der Waals surface area contributed by atoms with Crippen molar-refractivity contribution in [3.63, 3.8) is 0 Å². The Labute approximate surface area is 181 Å². The maximum atomic E-state index is 13.2. The Hall–Kier alpha value is -3.14. The van der Waals surface area contributed by atoms with Gasteiger partial charge in [-0.25, -0.2) is 9.78 Å². The zero-order valence-corrected chi connectivity index (χ0v) is 17.5. The summed E-state index contributed by atoms with van der Waals surface area (Å²) in [5.74, 6) is -0.0217. The van der Waals surface area contributed by atoms with E-state index in [0.717, 1.165) is 42.9 Å². The zero-order chi connectivity index (χ0) is 21.1. The van der Waals surface area contributed by atoms with E-state index < -0.39 is 6.09 Å². The van der Waals surface area contributed by atoms with Gasteiger partial charge in [0.15, 0.2) is 5.58 Å². The van der Waals surface area contributed by atoms with Crippen LogP contribution in [0.1, 0.15) is 29.6 Å². The molecule has 4 aliphatic heterocycles. The lowest BCUT2D eigenvalue weighted by Crippen LogP contribution is -2.70. The minimum absolute atomic E-state index is 0.0217. The number of piperidine rings is 1. The molecule has 2 amide bonds. The molecule has 0 radical (unpaired) electrons. The molecule has 1 N–H and O–H groups in total. The van der Waals surface area contributed by atoms with Crippen LogP contribution in [0.5, 0.6) is 0 Å². The van der Waals surface area contributed by atoms with Crippen LogP contribution in [0.25, 0.3) is 21.7 Å². The van der Waals surface area contributed by atoms with Gasteiger partial charge in [0, 0.05) is 37.8 Å². The van der Waals surface area contributed by atoms with E-state index in [0.29, 0.717) is 35.8 Å². The van der Waals surface area contributed by atoms with Gasteiger partial charge in [0.2, 0.25) is 0 Å². The molecule has 2 bridgehead atoms. The number of hydrogen-bond donors (Lipinski definition) is 1. The number of carbonyl (C=O) groups is 2. The molecule has 2 unspecified atom stereocenters. The molecule has 9 nitrogen and oxygen atoms in total. The van der Waals surface area contributed by atoms with Gasteiger partial charge in [0.05, 0.1) is 23.2 Å². The highest BCUT2D eigenvalue weighted by molar-refractivity contribution is 7.13. The van der Waals surface area contributed by atoms with Gasteiger partial charge in [0.25, 0.3) is 11.9 Å². The minimum atomic E-state index is -0.872. The second-order valence-corrected chi connectivity index (χ2v) is 9.20. The van der Waals surface area contributed by atoms with Crippen molar-refractivity contribution in [2.24, 2.45) is 0 Å². The number of benzene rings is 1. The van der Waals surface area contributed by atoms with E-state index >= 15 is 0 Å². The van der Waals surface area contributed by atoms with Crippen molar-refractivity contribution < 1.29 is 19.1 Å². The van der Waals surface area contributed by atoms with Crippen molar-refractivity contribution in [3.05, 3.63) is 29.3 Å². The molecule has 3 aromatic rings. The molecule has 31 heavy (non-hydrogen) atoms. The van der Waals surface area contributed by atoms with Gasteiger partial charge in [-0.05, 0) is 31.4 Å². The van der Waals surface area contributed by atoms with Crippen molar-refractivity contribution in [2.45, 2.75) is 31.3 Å². The Morgan fingerprint density at radius 1 is 1.16 bits per heavy atom. The van der Waals surface area contributed by atoms with Crippen LogP contribution < -0.4 is 4.90 Å². The molecule has 4 saturated heterocycles. The SMILES string of the molecule is O=C(c1ccc(-c2nccs2)c2oc(N3CC4CC(C3)N4C(=O)O)nc12)N1CCCC1. The Kier molecular flexibility index (Phi) is 4.17. The van der Waals surface area contributed by atoms with E-state index in [1.807, 2.05) is 27.3 Å². The van der Waals surface area contributed by atoms with E-state index in [-0.39, 0.29) is 18.0 Å². The zero-order valence-electron chi connectivity index (χ0n) is 16.7. The van der Waals surface area contributed by atoms with Gasteiger partial charge in [0.1, 0.15) is 10.5 Å². The lowest BCUT2D eigenvalue weighted by Gasteiger charge is -2.54. The summed E-state index contributed by atoms with van der Waals surface area (Å²) in [6.07, 6.45) is 3.78. The second kappa shape index (κ2) is 6.94. The Bertz CT molecular complexity index is 1160. The Morgan fingerprint density at radius 2 is 1.94 bits per heavy atom. The van der Waals surface area contributed by atoms with Crippen LogP contribution in [0.3, 0.4) is 0 Å². The van der Waals surface area contributed by atoms with E-state index in [9.17, 15) is 14.7 Å². The summed E-state index contributed by atoms with van der Waals surface area (Å²) in [6, 6.07) is 4.06. The molecule has 160 valence electrons. The average Bonchev–Trinajstić information content (AvgIpc) is 3.53. The molecule has 0 spiro atoms. The summed E-state index contributed by atoms with van der Waals surface area (Å²) >= 11 is 1.51. The molecule has 0 aliphatic carbocycles. The van der Waals surface area contributed by atoms with Crippen molar-refractivity contribution in [3.8, 4) is 10.6 Å². The van der Waals surface area contributed by atoms with Crippen molar-refractivity contribution >= 4 is 40.5 Å². The number of rotatable bonds is 3. The smallest absolute Gasteiger partial charge is 0.407 e. The highest BCUT2D eigenvalue weighted by atomic mass is 32.1. The molecule has 0 saturated carbocycles. The van der Waals surface area contributed by atoms with E-state index in [4.69, 9.17) is 9.40 Å². The number of oxazole rings is 1. The fraction of sp³-hybridized carbons (Fsp3) is 0.429. The van der Waals surface area contributed by atoms with Crippen molar-refractivity contribution in [1.82, 2.24) is 19.8 Å². The number of carboxylic acid groups (broad SMARTS) is 1. The first-order valence-corrected chi connectivity index (χ1v) is 11.4. The lowest BCUT2D eigenvalue weighted by molar-refractivity contribution is 0.0101. The normalized spacial score (nSPS) is 22.8. The molecular formula is C21H21N5O4S. The summed E-state index contributed by atoms with van der Waals surface area (Å²) in [5, 5.41) is 12.1. The third kappa shape index (κ3) is 2.88. The molecule has 1 aromatic carbocycles. The van der Waals surface area contributed by atoms with Crippen LogP contribution in [-0.2, 0) is 0 Å². The number of nitrogens with zero attached hydrogens (tertiary/aromatic N) is 5. The summed E-state index contributed by atoms with van der Waals surface area (Å²) in [7, 11) is 0. The van der Waals surface area contributed by atoms with Crippen LogP contribution in [0.2, 0.25) is 0 Å². The van der Waals surface area contributed by atoms with E-state index in [2.05, 4.69) is 4.98 Å². The van der Waals surface area contributed by atoms with Gasteiger partial charge < -0.3 is 19.3 Å². The molecule has 4 aliphatic rings. The fourth-order valence-electron chi connectivity index (χ4n) is 5.00. The Balaban J connectivity index is 1.41.